The van der Waals surface area contributed by atoms with Crippen LogP contribution in [0.2, 0.25) is 0 Å². The van der Waals surface area contributed by atoms with Crippen molar-refractivity contribution < 1.29 is 19.1 Å². The third-order valence-corrected chi connectivity index (χ3v) is 7.44. The van der Waals surface area contributed by atoms with E-state index in [9.17, 15) is 14.4 Å². The van der Waals surface area contributed by atoms with Crippen LogP contribution in [0.15, 0.2) is 42.0 Å². The Labute approximate surface area is 166 Å². The van der Waals surface area contributed by atoms with Crippen molar-refractivity contribution >= 4 is 17.3 Å². The van der Waals surface area contributed by atoms with E-state index < -0.39 is 16.4 Å². The van der Waals surface area contributed by atoms with E-state index in [-0.39, 0.29) is 29.7 Å². The maximum absolute atomic E-state index is 14.1. The first-order valence-electron chi connectivity index (χ1n) is 10.4. The van der Waals surface area contributed by atoms with Gasteiger partial charge in [-0.3, -0.25) is 14.4 Å². The van der Waals surface area contributed by atoms with E-state index in [0.29, 0.717) is 30.4 Å². The number of fused-ring (bicyclic) bond motifs is 1. The van der Waals surface area contributed by atoms with E-state index in [1.807, 2.05) is 19.1 Å². The second-order valence-electron chi connectivity index (χ2n) is 8.50. The minimum absolute atomic E-state index is 0.0184. The van der Waals surface area contributed by atoms with Crippen molar-refractivity contribution in [3.05, 3.63) is 47.5 Å². The summed E-state index contributed by atoms with van der Waals surface area (Å²) in [5.41, 5.74) is -2.22. The Kier molecular flexibility index (Phi) is 4.46. The molecule has 0 radical (unpaired) electrons. The SMILES string of the molecule is CC/C=C1\C(=O)C2(C(=O)c3ccccc3)CC3CC[C@](CCC)(C2=O)C13OC. The molecular formula is C24H28O4. The monoisotopic (exact) mass is 380 g/mol. The Hall–Kier alpha value is -2.07. The quantitative estimate of drug-likeness (QED) is 0.419. The minimum atomic E-state index is -1.58. The van der Waals surface area contributed by atoms with Crippen molar-refractivity contribution in [3.63, 3.8) is 0 Å². The maximum atomic E-state index is 14.1. The van der Waals surface area contributed by atoms with Crippen LogP contribution in [0.3, 0.4) is 0 Å². The van der Waals surface area contributed by atoms with Crippen LogP contribution in [0, 0.1) is 16.7 Å². The van der Waals surface area contributed by atoms with E-state index in [0.717, 1.165) is 12.8 Å². The standard InChI is InChI=1S/C24H28O4/c1-4-9-18-20(26)23(19(25)16-10-7-6-8-11-16)15-17-12-14-22(13-5-2,21(23)27)24(17,18)28-3/h6-11,17H,4-5,12-15H2,1-3H3/b18-9+/t17?,22-,23?,24?/m1/s1. The van der Waals surface area contributed by atoms with Gasteiger partial charge in [0.15, 0.2) is 22.8 Å². The Morgan fingerprint density at radius 1 is 1.21 bits per heavy atom. The first kappa shape index (κ1) is 19.3. The van der Waals surface area contributed by atoms with Crippen LogP contribution in [0.25, 0.3) is 0 Å². The second-order valence-corrected chi connectivity index (χ2v) is 8.50. The second kappa shape index (κ2) is 6.48. The summed E-state index contributed by atoms with van der Waals surface area (Å²) in [6.45, 7) is 4.03. The van der Waals surface area contributed by atoms with E-state index in [2.05, 4.69) is 6.92 Å². The van der Waals surface area contributed by atoms with Crippen LogP contribution < -0.4 is 0 Å². The van der Waals surface area contributed by atoms with E-state index in [1.165, 1.54) is 0 Å². The highest BCUT2D eigenvalue weighted by atomic mass is 16.5. The van der Waals surface area contributed by atoms with Crippen molar-refractivity contribution in [2.45, 2.75) is 58.0 Å². The highest BCUT2D eigenvalue weighted by molar-refractivity contribution is 6.36. The molecule has 1 aromatic rings. The van der Waals surface area contributed by atoms with Gasteiger partial charge in [0.2, 0.25) is 0 Å². The number of ketones is 3. The molecule has 4 fully saturated rings. The fraction of sp³-hybridized carbons (Fsp3) is 0.542. The van der Waals surface area contributed by atoms with E-state index in [4.69, 9.17) is 4.74 Å². The Morgan fingerprint density at radius 2 is 1.93 bits per heavy atom. The molecule has 28 heavy (non-hydrogen) atoms. The first-order valence-corrected chi connectivity index (χ1v) is 10.4. The zero-order chi connectivity index (χ0) is 20.2. The van der Waals surface area contributed by atoms with Crippen molar-refractivity contribution in [2.24, 2.45) is 16.7 Å². The molecule has 0 heterocycles. The number of hydrogen-bond donors (Lipinski definition) is 0. The van der Waals surface area contributed by atoms with Crippen LogP contribution in [0.1, 0.15) is 62.7 Å². The summed E-state index contributed by atoms with van der Waals surface area (Å²) in [7, 11) is 1.63. The van der Waals surface area contributed by atoms with Crippen LogP contribution in [0.5, 0.6) is 0 Å². The van der Waals surface area contributed by atoms with Crippen molar-refractivity contribution in [3.8, 4) is 0 Å². The summed E-state index contributed by atoms with van der Waals surface area (Å²) in [6.07, 6.45) is 5.83. The molecule has 4 atom stereocenters. The van der Waals surface area contributed by atoms with Gasteiger partial charge in [0.25, 0.3) is 0 Å². The molecule has 0 amide bonds. The van der Waals surface area contributed by atoms with Crippen molar-refractivity contribution in [1.82, 2.24) is 0 Å². The molecule has 0 spiro atoms. The topological polar surface area (TPSA) is 60.4 Å². The lowest BCUT2D eigenvalue weighted by atomic mass is 9.42. The summed E-state index contributed by atoms with van der Waals surface area (Å²) in [5.74, 6) is -0.823. The van der Waals surface area contributed by atoms with Crippen LogP contribution in [-0.2, 0) is 14.3 Å². The fourth-order valence-electron chi connectivity index (χ4n) is 6.58. The lowest BCUT2D eigenvalue weighted by Crippen LogP contribution is -2.74. The third-order valence-electron chi connectivity index (χ3n) is 7.44. The molecule has 3 unspecified atom stereocenters. The number of carbonyl (C=O) groups is 3. The van der Waals surface area contributed by atoms with Gasteiger partial charge in [-0.1, -0.05) is 56.7 Å². The molecule has 0 saturated heterocycles. The zero-order valence-electron chi connectivity index (χ0n) is 16.9. The molecule has 4 nitrogen and oxygen atoms in total. The van der Waals surface area contributed by atoms with Crippen LogP contribution in [0.4, 0.5) is 0 Å². The molecule has 0 N–H and O–H groups in total. The highest BCUT2D eigenvalue weighted by Crippen LogP contribution is 2.71. The third kappa shape index (κ3) is 1.97. The molecule has 4 saturated carbocycles. The summed E-state index contributed by atoms with van der Waals surface area (Å²) in [4.78, 5) is 41.5. The van der Waals surface area contributed by atoms with Crippen LogP contribution in [-0.4, -0.2) is 30.1 Å². The number of allylic oxidation sites excluding steroid dienone is 1. The Morgan fingerprint density at radius 3 is 2.54 bits per heavy atom. The predicted molar refractivity (Wildman–Crippen MR) is 106 cm³/mol. The largest absolute Gasteiger partial charge is 0.372 e. The van der Waals surface area contributed by atoms with Gasteiger partial charge in [0.1, 0.15) is 5.60 Å². The number of Topliss-reactive ketones (excluding diaryl/α,β-unsaturated/α-hetero) is 3. The van der Waals surface area contributed by atoms with E-state index in [1.54, 1.807) is 31.4 Å². The summed E-state index contributed by atoms with van der Waals surface area (Å²) < 4.78 is 6.12. The molecule has 148 valence electrons. The first-order chi connectivity index (χ1) is 13.5. The van der Waals surface area contributed by atoms with Gasteiger partial charge in [-0.15, -0.1) is 0 Å². The number of rotatable bonds is 6. The number of hydrogen-bond acceptors (Lipinski definition) is 4. The normalized spacial score (nSPS) is 37.7. The smallest absolute Gasteiger partial charge is 0.184 e. The molecule has 0 aliphatic heterocycles. The number of methoxy groups -OCH3 is 1. The zero-order valence-corrected chi connectivity index (χ0v) is 16.9. The lowest BCUT2D eigenvalue weighted by molar-refractivity contribution is -0.185. The van der Waals surface area contributed by atoms with Gasteiger partial charge in [0.05, 0.1) is 5.41 Å². The fourth-order valence-corrected chi connectivity index (χ4v) is 6.58. The predicted octanol–water partition coefficient (Wildman–Crippen LogP) is 4.33. The molecule has 5 rings (SSSR count). The average Bonchev–Trinajstić information content (AvgIpc) is 2.97. The summed E-state index contributed by atoms with van der Waals surface area (Å²) >= 11 is 0. The van der Waals surface area contributed by atoms with Crippen LogP contribution >= 0.6 is 0 Å². The van der Waals surface area contributed by atoms with Gasteiger partial charge in [0, 0.05) is 18.2 Å². The van der Waals surface area contributed by atoms with Gasteiger partial charge in [-0.05, 0) is 38.0 Å². The van der Waals surface area contributed by atoms with Crippen molar-refractivity contribution in [1.29, 1.82) is 0 Å². The number of ether oxygens (including phenoxy) is 1. The maximum Gasteiger partial charge on any atom is 0.184 e. The Balaban J connectivity index is 2.00. The molecule has 0 aromatic heterocycles. The average molecular weight is 380 g/mol. The molecule has 4 heteroatoms. The molecular weight excluding hydrogens is 352 g/mol. The number of benzene rings is 1. The molecule has 4 aliphatic rings. The van der Waals surface area contributed by atoms with Crippen molar-refractivity contribution in [2.75, 3.05) is 7.11 Å². The van der Waals surface area contributed by atoms with Gasteiger partial charge in [-0.2, -0.15) is 0 Å². The van der Waals surface area contributed by atoms with E-state index >= 15 is 0 Å². The lowest BCUT2D eigenvalue weighted by Gasteiger charge is -2.60. The highest BCUT2D eigenvalue weighted by Gasteiger charge is 2.81. The summed E-state index contributed by atoms with van der Waals surface area (Å²) in [5, 5.41) is 0. The molecule has 4 bridgehead atoms. The Bertz CT molecular complexity index is 866. The van der Waals surface area contributed by atoms with Gasteiger partial charge >= 0.3 is 0 Å². The summed E-state index contributed by atoms with van der Waals surface area (Å²) in [6, 6.07) is 8.82. The van der Waals surface area contributed by atoms with Gasteiger partial charge < -0.3 is 4.74 Å². The molecule has 4 aliphatic carbocycles. The molecule has 1 aromatic carbocycles. The van der Waals surface area contributed by atoms with Gasteiger partial charge in [-0.25, -0.2) is 0 Å². The number of carbonyl (C=O) groups excluding carboxylic acids is 3. The minimum Gasteiger partial charge on any atom is -0.372 e.